The van der Waals surface area contributed by atoms with Crippen LogP contribution in [0.1, 0.15) is 22.3 Å². The van der Waals surface area contributed by atoms with Gasteiger partial charge in [0.1, 0.15) is 11.5 Å². The molecule has 2 nitrogen and oxygen atoms in total. The van der Waals surface area contributed by atoms with Gasteiger partial charge in [-0.3, -0.25) is 0 Å². The number of ether oxygens (including phenoxy) is 1. The Morgan fingerprint density at radius 2 is 0.950 bits per heavy atom. The summed E-state index contributed by atoms with van der Waals surface area (Å²) in [5.41, 5.74) is 9.12. The molecule has 0 bridgehead atoms. The summed E-state index contributed by atoms with van der Waals surface area (Å²) in [6.07, 6.45) is 0. The van der Waals surface area contributed by atoms with Gasteiger partial charge in [0.25, 0.3) is 0 Å². The summed E-state index contributed by atoms with van der Waals surface area (Å²) in [5, 5.41) is 0. The smallest absolute Gasteiger partial charge is 0.187 e. The molecule has 6 aromatic carbocycles. The van der Waals surface area contributed by atoms with Crippen molar-refractivity contribution in [2.24, 2.45) is 0 Å². The minimum Gasteiger partial charge on any atom is -0.457 e. The van der Waals surface area contributed by atoms with Crippen molar-refractivity contribution >= 4 is 5.69 Å². The van der Waals surface area contributed by atoms with E-state index in [2.05, 4.69) is 126 Å². The highest BCUT2D eigenvalue weighted by Crippen LogP contribution is 2.55. The summed E-state index contributed by atoms with van der Waals surface area (Å²) in [4.78, 5) is 3.61. The summed E-state index contributed by atoms with van der Waals surface area (Å²) in [5.74, 6) is 1.74. The van der Waals surface area contributed by atoms with E-state index in [1.807, 2.05) is 30.3 Å². The topological polar surface area (TPSA) is 13.6 Å². The van der Waals surface area contributed by atoms with Crippen LogP contribution in [0.25, 0.3) is 27.1 Å². The summed E-state index contributed by atoms with van der Waals surface area (Å²) in [6, 6.07) is 52.7. The van der Waals surface area contributed by atoms with Gasteiger partial charge in [0.15, 0.2) is 5.69 Å². The van der Waals surface area contributed by atoms with Gasteiger partial charge in [0.05, 0.1) is 12.0 Å². The molecule has 0 saturated heterocycles. The molecule has 0 atom stereocenters. The third-order valence-corrected chi connectivity index (χ3v) is 7.81. The summed E-state index contributed by atoms with van der Waals surface area (Å²) >= 11 is 0. The molecule has 0 saturated carbocycles. The highest BCUT2D eigenvalue weighted by Gasteiger charge is 2.45. The van der Waals surface area contributed by atoms with Crippen LogP contribution < -0.4 is 4.74 Å². The first kappa shape index (κ1) is 23.7. The maximum absolute atomic E-state index is 7.41. The van der Waals surface area contributed by atoms with Crippen molar-refractivity contribution < 1.29 is 4.74 Å². The molecule has 0 aliphatic carbocycles. The van der Waals surface area contributed by atoms with Crippen LogP contribution in [0.3, 0.4) is 0 Å². The molecule has 6 aromatic rings. The van der Waals surface area contributed by atoms with Crippen LogP contribution in [-0.2, 0) is 5.41 Å². The first-order valence-electron chi connectivity index (χ1n) is 13.4. The van der Waals surface area contributed by atoms with Crippen LogP contribution in [-0.4, -0.2) is 0 Å². The fourth-order valence-corrected chi connectivity index (χ4v) is 6.04. The number of hydrogen-bond donors (Lipinski definition) is 0. The first-order valence-corrected chi connectivity index (χ1v) is 13.4. The lowest BCUT2D eigenvalue weighted by Crippen LogP contribution is -2.34. The zero-order chi connectivity index (χ0) is 26.9. The maximum atomic E-state index is 7.41. The van der Waals surface area contributed by atoms with Crippen molar-refractivity contribution in [1.29, 1.82) is 0 Å². The number of rotatable bonds is 4. The van der Waals surface area contributed by atoms with E-state index in [0.717, 1.165) is 44.9 Å². The number of nitrogens with zero attached hydrogens (tertiary/aromatic N) is 1. The Labute approximate surface area is 234 Å². The van der Waals surface area contributed by atoms with Gasteiger partial charge < -0.3 is 4.74 Å². The average Bonchev–Trinajstić information content (AvgIpc) is 3.04. The molecule has 0 radical (unpaired) electrons. The van der Waals surface area contributed by atoms with Crippen molar-refractivity contribution in [2.75, 3.05) is 0 Å². The average molecular weight is 512 g/mol. The SMILES string of the molecule is [C-]#[N+]c1cccc(-c2cccc(-c3cccc(C4(c5ccccc5)c5ccccc5Oc5ccccc54)c3)c2)c1. The standard InChI is InChI=1S/C38H25NO/c1-39-33-19-11-15-30(26-33)28-13-9-12-27(24-28)29-14-10-18-32(25-29)38(31-16-3-2-4-17-31)34-20-5-7-22-36(34)40-37-23-8-6-21-35(37)38/h2-26H. The van der Waals surface area contributed by atoms with Crippen molar-refractivity contribution in [1.82, 2.24) is 0 Å². The second kappa shape index (κ2) is 9.73. The van der Waals surface area contributed by atoms with E-state index >= 15 is 0 Å². The molecule has 7 rings (SSSR count). The van der Waals surface area contributed by atoms with Gasteiger partial charge in [0, 0.05) is 11.1 Å². The third kappa shape index (κ3) is 3.80. The fourth-order valence-electron chi connectivity index (χ4n) is 6.04. The van der Waals surface area contributed by atoms with Gasteiger partial charge in [-0.2, -0.15) is 0 Å². The summed E-state index contributed by atoms with van der Waals surface area (Å²) in [6.45, 7) is 7.41. The predicted molar refractivity (Wildman–Crippen MR) is 162 cm³/mol. The van der Waals surface area contributed by atoms with E-state index in [4.69, 9.17) is 11.3 Å². The van der Waals surface area contributed by atoms with Gasteiger partial charge in [0.2, 0.25) is 0 Å². The normalized spacial score (nSPS) is 12.9. The zero-order valence-electron chi connectivity index (χ0n) is 21.8. The molecule has 188 valence electrons. The van der Waals surface area contributed by atoms with Crippen molar-refractivity contribution in [3.05, 3.63) is 185 Å². The molecule has 1 heterocycles. The van der Waals surface area contributed by atoms with Gasteiger partial charge in [-0.25, -0.2) is 4.85 Å². The highest BCUT2D eigenvalue weighted by atomic mass is 16.5. The number of hydrogen-bond acceptors (Lipinski definition) is 1. The van der Waals surface area contributed by atoms with Gasteiger partial charge in [-0.1, -0.05) is 121 Å². The fraction of sp³-hybridized carbons (Fsp3) is 0.0263. The Morgan fingerprint density at radius 1 is 0.450 bits per heavy atom. The largest absolute Gasteiger partial charge is 0.457 e. The Balaban J connectivity index is 1.46. The Kier molecular flexibility index (Phi) is 5.77. The van der Waals surface area contributed by atoms with E-state index < -0.39 is 5.41 Å². The monoisotopic (exact) mass is 511 g/mol. The van der Waals surface area contributed by atoms with Crippen molar-refractivity contribution in [3.63, 3.8) is 0 Å². The van der Waals surface area contributed by atoms with Crippen LogP contribution in [0, 0.1) is 6.57 Å². The Morgan fingerprint density at radius 3 is 1.60 bits per heavy atom. The summed E-state index contributed by atoms with van der Waals surface area (Å²) < 4.78 is 6.45. The second-order valence-corrected chi connectivity index (χ2v) is 10.0. The lowest BCUT2D eigenvalue weighted by atomic mass is 9.63. The second-order valence-electron chi connectivity index (χ2n) is 10.0. The highest BCUT2D eigenvalue weighted by molar-refractivity contribution is 5.77. The molecule has 0 fully saturated rings. The molecule has 1 aliphatic heterocycles. The minimum atomic E-state index is -0.551. The van der Waals surface area contributed by atoms with Crippen LogP contribution in [0.15, 0.2) is 152 Å². The van der Waals surface area contributed by atoms with E-state index in [-0.39, 0.29) is 0 Å². The third-order valence-electron chi connectivity index (χ3n) is 7.81. The van der Waals surface area contributed by atoms with Crippen LogP contribution >= 0.6 is 0 Å². The van der Waals surface area contributed by atoms with E-state index in [1.54, 1.807) is 0 Å². The molecule has 40 heavy (non-hydrogen) atoms. The first-order chi connectivity index (χ1) is 19.8. The van der Waals surface area contributed by atoms with Gasteiger partial charge in [-0.05, 0) is 63.7 Å². The maximum Gasteiger partial charge on any atom is 0.187 e. The van der Waals surface area contributed by atoms with Gasteiger partial charge in [-0.15, -0.1) is 0 Å². The molecule has 1 aliphatic rings. The van der Waals surface area contributed by atoms with Crippen LogP contribution in [0.2, 0.25) is 0 Å². The minimum absolute atomic E-state index is 0.551. The molecule has 0 amide bonds. The van der Waals surface area contributed by atoms with E-state index in [0.29, 0.717) is 5.69 Å². The lowest BCUT2D eigenvalue weighted by Gasteiger charge is -2.41. The Bertz CT molecular complexity index is 1850. The predicted octanol–water partition coefficient (Wildman–Crippen LogP) is 10.1. The molecular weight excluding hydrogens is 486 g/mol. The molecule has 0 spiro atoms. The number of fused-ring (bicyclic) bond motifs is 2. The van der Waals surface area contributed by atoms with Gasteiger partial charge >= 0.3 is 0 Å². The van der Waals surface area contributed by atoms with Crippen LogP contribution in [0.5, 0.6) is 11.5 Å². The van der Waals surface area contributed by atoms with Crippen molar-refractivity contribution in [3.8, 4) is 33.8 Å². The molecule has 0 aromatic heterocycles. The number of benzene rings is 6. The molecular formula is C38H25NO. The lowest BCUT2D eigenvalue weighted by molar-refractivity contribution is 0.434. The van der Waals surface area contributed by atoms with E-state index in [9.17, 15) is 0 Å². The molecule has 2 heteroatoms. The zero-order valence-corrected chi connectivity index (χ0v) is 21.8. The van der Waals surface area contributed by atoms with E-state index in [1.165, 1.54) is 11.1 Å². The molecule has 0 N–H and O–H groups in total. The van der Waals surface area contributed by atoms with Crippen molar-refractivity contribution in [2.45, 2.75) is 5.41 Å². The summed E-state index contributed by atoms with van der Waals surface area (Å²) in [7, 11) is 0. The molecule has 0 unspecified atom stereocenters. The quantitative estimate of drug-likeness (QED) is 0.214. The number of para-hydroxylation sites is 2. The Hall–Kier alpha value is -5.39. The van der Waals surface area contributed by atoms with Crippen LogP contribution in [0.4, 0.5) is 5.69 Å².